The van der Waals surface area contributed by atoms with Gasteiger partial charge in [0.2, 0.25) is 11.8 Å². The monoisotopic (exact) mass is 266 g/mol. The first kappa shape index (κ1) is 14.4. The second-order valence-electron chi connectivity index (χ2n) is 6.06. The minimum absolute atomic E-state index is 0.0221. The van der Waals surface area contributed by atoms with Gasteiger partial charge in [-0.2, -0.15) is 0 Å². The van der Waals surface area contributed by atoms with Crippen LogP contribution in [0.1, 0.15) is 52.9 Å². The molecule has 1 heterocycles. The molecule has 1 saturated carbocycles. The highest BCUT2D eigenvalue weighted by molar-refractivity contribution is 5.90. The molecule has 0 spiro atoms. The third kappa shape index (κ3) is 3.10. The number of nitrogens with zero attached hydrogens (tertiary/aromatic N) is 1. The van der Waals surface area contributed by atoms with E-state index in [9.17, 15) is 9.59 Å². The lowest BCUT2D eigenvalue weighted by atomic mass is 9.98. The van der Waals surface area contributed by atoms with Gasteiger partial charge in [-0.05, 0) is 24.7 Å². The van der Waals surface area contributed by atoms with E-state index in [2.05, 4.69) is 19.2 Å². The van der Waals surface area contributed by atoms with Gasteiger partial charge in [-0.1, -0.05) is 33.6 Å². The van der Waals surface area contributed by atoms with Crippen molar-refractivity contribution < 1.29 is 9.59 Å². The Kier molecular flexibility index (Phi) is 4.48. The van der Waals surface area contributed by atoms with Crippen molar-refractivity contribution in [2.45, 2.75) is 65.0 Å². The van der Waals surface area contributed by atoms with Gasteiger partial charge in [-0.3, -0.25) is 9.59 Å². The maximum atomic E-state index is 12.6. The van der Waals surface area contributed by atoms with Crippen LogP contribution in [0.4, 0.5) is 0 Å². The Balaban J connectivity index is 2.07. The second kappa shape index (κ2) is 5.93. The molecule has 2 aliphatic rings. The molecular formula is C15H26N2O2. The van der Waals surface area contributed by atoms with Crippen LogP contribution in [0.15, 0.2) is 0 Å². The van der Waals surface area contributed by atoms with Crippen molar-refractivity contribution >= 4 is 11.8 Å². The zero-order chi connectivity index (χ0) is 14.0. The molecular weight excluding hydrogens is 240 g/mol. The van der Waals surface area contributed by atoms with Crippen LogP contribution in [0.5, 0.6) is 0 Å². The van der Waals surface area contributed by atoms with Crippen molar-refractivity contribution in [2.75, 3.05) is 6.54 Å². The molecule has 2 fully saturated rings. The second-order valence-corrected chi connectivity index (χ2v) is 6.06. The van der Waals surface area contributed by atoms with Gasteiger partial charge in [-0.15, -0.1) is 0 Å². The maximum absolute atomic E-state index is 12.6. The fourth-order valence-electron chi connectivity index (χ4n) is 3.06. The van der Waals surface area contributed by atoms with E-state index >= 15 is 0 Å². The largest absolute Gasteiger partial charge is 0.344 e. The highest BCUT2D eigenvalue weighted by Crippen LogP contribution is 2.40. The quantitative estimate of drug-likeness (QED) is 0.826. The number of hydrogen-bond donors (Lipinski definition) is 1. The summed E-state index contributed by atoms with van der Waals surface area (Å²) in [4.78, 5) is 26.4. The van der Waals surface area contributed by atoms with Crippen LogP contribution < -0.4 is 5.32 Å². The summed E-state index contributed by atoms with van der Waals surface area (Å²) < 4.78 is 0. The normalized spacial score (nSPS) is 32.8. The van der Waals surface area contributed by atoms with E-state index in [1.807, 2.05) is 11.8 Å². The maximum Gasteiger partial charge on any atom is 0.245 e. The van der Waals surface area contributed by atoms with Gasteiger partial charge in [0.25, 0.3) is 0 Å². The van der Waals surface area contributed by atoms with Crippen molar-refractivity contribution in [1.82, 2.24) is 10.2 Å². The Bertz CT molecular complexity index is 356. The van der Waals surface area contributed by atoms with Crippen LogP contribution >= 0.6 is 0 Å². The van der Waals surface area contributed by atoms with E-state index in [0.717, 1.165) is 12.8 Å². The molecule has 4 atom stereocenters. The van der Waals surface area contributed by atoms with Crippen molar-refractivity contribution in [3.05, 3.63) is 0 Å². The summed E-state index contributed by atoms with van der Waals surface area (Å²) >= 11 is 0. The van der Waals surface area contributed by atoms with E-state index in [-0.39, 0.29) is 23.8 Å². The van der Waals surface area contributed by atoms with Crippen LogP contribution in [0.25, 0.3) is 0 Å². The van der Waals surface area contributed by atoms with Gasteiger partial charge in [0.15, 0.2) is 0 Å². The minimum atomic E-state index is -0.317. The summed E-state index contributed by atoms with van der Waals surface area (Å²) in [6, 6.07) is 0.0783. The predicted octanol–water partition coefficient (Wildman–Crippen LogP) is 1.94. The van der Waals surface area contributed by atoms with Crippen LogP contribution in [0.3, 0.4) is 0 Å². The summed E-state index contributed by atoms with van der Waals surface area (Å²) in [7, 11) is 0. The van der Waals surface area contributed by atoms with Gasteiger partial charge in [0.1, 0.15) is 6.04 Å². The summed E-state index contributed by atoms with van der Waals surface area (Å²) in [6.45, 7) is 6.90. The number of carbonyl (C=O) groups excluding carboxylic acids is 2. The Morgan fingerprint density at radius 2 is 2.11 bits per heavy atom. The van der Waals surface area contributed by atoms with Gasteiger partial charge in [0.05, 0.1) is 0 Å². The highest BCUT2D eigenvalue weighted by Gasteiger charge is 2.46. The van der Waals surface area contributed by atoms with E-state index < -0.39 is 0 Å². The molecule has 0 aromatic heterocycles. The molecule has 4 nitrogen and oxygen atoms in total. The molecule has 0 aromatic rings. The van der Waals surface area contributed by atoms with E-state index in [0.29, 0.717) is 24.9 Å². The zero-order valence-corrected chi connectivity index (χ0v) is 12.3. The van der Waals surface area contributed by atoms with Crippen molar-refractivity contribution in [1.29, 1.82) is 0 Å². The fraction of sp³-hybridized carbons (Fsp3) is 0.867. The molecule has 4 unspecified atom stereocenters. The summed E-state index contributed by atoms with van der Waals surface area (Å²) in [5.74, 6) is 1.04. The molecule has 1 aliphatic heterocycles. The third-order valence-electron chi connectivity index (χ3n) is 4.60. The van der Waals surface area contributed by atoms with Crippen LogP contribution in [-0.2, 0) is 9.59 Å². The number of nitrogens with one attached hydrogen (secondary N) is 1. The van der Waals surface area contributed by atoms with Gasteiger partial charge in [0, 0.05) is 19.0 Å². The van der Waals surface area contributed by atoms with Crippen molar-refractivity contribution in [2.24, 2.45) is 11.8 Å². The summed E-state index contributed by atoms with van der Waals surface area (Å²) in [6.07, 6.45) is 4.86. The first-order valence-corrected chi connectivity index (χ1v) is 7.68. The Morgan fingerprint density at radius 1 is 1.37 bits per heavy atom. The molecule has 0 bridgehead atoms. The Hall–Kier alpha value is -1.06. The summed E-state index contributed by atoms with van der Waals surface area (Å²) in [5, 5.41) is 2.91. The Morgan fingerprint density at radius 3 is 2.74 bits per heavy atom. The fourth-order valence-corrected chi connectivity index (χ4v) is 3.06. The number of amides is 2. The summed E-state index contributed by atoms with van der Waals surface area (Å²) in [5.41, 5.74) is 0. The zero-order valence-electron chi connectivity index (χ0n) is 12.3. The SMILES string of the molecule is CCCC1CC1N1CCC(=O)NC(C(C)CC)C1=O. The molecule has 19 heavy (non-hydrogen) atoms. The molecule has 1 saturated heterocycles. The van der Waals surface area contributed by atoms with Crippen molar-refractivity contribution in [3.8, 4) is 0 Å². The topological polar surface area (TPSA) is 49.4 Å². The average Bonchev–Trinajstić information content (AvgIpc) is 3.15. The molecule has 0 aromatic carbocycles. The highest BCUT2D eigenvalue weighted by atomic mass is 16.2. The van der Waals surface area contributed by atoms with Crippen LogP contribution in [0, 0.1) is 11.8 Å². The number of hydrogen-bond acceptors (Lipinski definition) is 2. The first-order valence-electron chi connectivity index (χ1n) is 7.68. The standard InChI is InChI=1S/C15H26N2O2/c1-4-6-11-9-12(11)17-8-7-13(18)16-14(15(17)19)10(3)5-2/h10-12,14H,4-9H2,1-3H3,(H,16,18). The molecule has 108 valence electrons. The van der Waals surface area contributed by atoms with Crippen LogP contribution in [-0.4, -0.2) is 35.3 Å². The minimum Gasteiger partial charge on any atom is -0.344 e. The molecule has 1 aliphatic carbocycles. The van der Waals surface area contributed by atoms with Crippen molar-refractivity contribution in [3.63, 3.8) is 0 Å². The molecule has 4 heteroatoms. The molecule has 1 N–H and O–H groups in total. The predicted molar refractivity (Wildman–Crippen MR) is 74.5 cm³/mol. The third-order valence-corrected chi connectivity index (χ3v) is 4.60. The van der Waals surface area contributed by atoms with E-state index in [4.69, 9.17) is 0 Å². The van der Waals surface area contributed by atoms with E-state index in [1.54, 1.807) is 0 Å². The first-order chi connectivity index (χ1) is 9.08. The number of carbonyl (C=O) groups is 2. The number of rotatable bonds is 5. The molecule has 2 rings (SSSR count). The lowest BCUT2D eigenvalue weighted by Crippen LogP contribution is -2.49. The lowest BCUT2D eigenvalue weighted by molar-refractivity contribution is -0.135. The smallest absolute Gasteiger partial charge is 0.245 e. The Labute approximate surface area is 115 Å². The molecule has 2 amide bonds. The van der Waals surface area contributed by atoms with Gasteiger partial charge >= 0.3 is 0 Å². The van der Waals surface area contributed by atoms with E-state index in [1.165, 1.54) is 12.8 Å². The van der Waals surface area contributed by atoms with Gasteiger partial charge < -0.3 is 10.2 Å². The van der Waals surface area contributed by atoms with Gasteiger partial charge in [-0.25, -0.2) is 0 Å². The lowest BCUT2D eigenvalue weighted by Gasteiger charge is -2.27. The van der Waals surface area contributed by atoms with Crippen LogP contribution in [0.2, 0.25) is 0 Å². The average molecular weight is 266 g/mol. The molecule has 0 radical (unpaired) electrons.